The fourth-order valence-corrected chi connectivity index (χ4v) is 3.85. The van der Waals surface area contributed by atoms with Crippen LogP contribution in [-0.4, -0.2) is 27.1 Å². The molecule has 2 aromatic rings. The molecular weight excluding hydrogens is 328 g/mol. The van der Waals surface area contributed by atoms with Gasteiger partial charge in [-0.25, -0.2) is 0 Å². The normalized spacial score (nSPS) is 14.2. The van der Waals surface area contributed by atoms with E-state index in [2.05, 4.69) is 15.2 Å². The van der Waals surface area contributed by atoms with Crippen molar-refractivity contribution in [2.45, 2.75) is 35.9 Å². The number of rotatable bonds is 5. The molecule has 110 valence electrons. The summed E-state index contributed by atoms with van der Waals surface area (Å²) in [5.74, 6) is 0.736. The van der Waals surface area contributed by atoms with E-state index in [1.165, 1.54) is 11.3 Å². The highest BCUT2D eigenvalue weighted by Crippen LogP contribution is 2.36. The second-order valence-corrected chi connectivity index (χ2v) is 7.34. The highest BCUT2D eigenvalue weighted by molar-refractivity contribution is 8.00. The molecule has 8 heteroatoms. The monoisotopic (exact) mass is 340 g/mol. The highest BCUT2D eigenvalue weighted by Gasteiger charge is 2.34. The molecule has 1 aliphatic carbocycles. The zero-order valence-corrected chi connectivity index (χ0v) is 13.7. The van der Waals surface area contributed by atoms with Crippen molar-refractivity contribution >= 4 is 45.7 Å². The number of carbonyl (C=O) groups is 1. The van der Waals surface area contributed by atoms with Gasteiger partial charge in [-0.15, -0.1) is 10.2 Å². The first-order valence-corrected chi connectivity index (χ1v) is 8.68. The van der Waals surface area contributed by atoms with E-state index in [1.807, 2.05) is 12.1 Å². The lowest BCUT2D eigenvalue weighted by Gasteiger charge is -2.15. The molecule has 0 spiro atoms. The van der Waals surface area contributed by atoms with Crippen LogP contribution in [0.25, 0.3) is 0 Å². The number of nitrogens with zero attached hydrogens (tertiary/aromatic N) is 4. The Bertz CT molecular complexity index is 642. The minimum absolute atomic E-state index is 0.0320. The molecule has 5 nitrogen and oxygen atoms in total. The molecule has 0 aliphatic heterocycles. The summed E-state index contributed by atoms with van der Waals surface area (Å²) in [6.07, 6.45) is 3.74. The number of thioether (sulfide) groups is 1. The Morgan fingerprint density at radius 3 is 2.90 bits per heavy atom. The van der Waals surface area contributed by atoms with Crippen molar-refractivity contribution in [1.29, 1.82) is 0 Å². The van der Waals surface area contributed by atoms with Gasteiger partial charge >= 0.3 is 0 Å². The molecule has 1 aliphatic rings. The summed E-state index contributed by atoms with van der Waals surface area (Å²) in [5, 5.41) is 9.60. The zero-order chi connectivity index (χ0) is 14.8. The van der Waals surface area contributed by atoms with Crippen molar-refractivity contribution in [1.82, 2.24) is 15.2 Å². The lowest BCUT2D eigenvalue weighted by molar-refractivity contribution is -0.116. The smallest absolute Gasteiger partial charge is 0.225 e. The molecule has 1 amide bonds. The second-order valence-electron chi connectivity index (χ2n) is 4.73. The first-order valence-electron chi connectivity index (χ1n) is 6.50. The molecule has 0 bridgehead atoms. The van der Waals surface area contributed by atoms with Gasteiger partial charge in [-0.05, 0) is 25.0 Å². The number of carbonyl (C=O) groups excluding carboxylic acids is 1. The fraction of sp³-hybridized carbons (Fsp3) is 0.385. The van der Waals surface area contributed by atoms with Crippen LogP contribution in [0.3, 0.4) is 0 Å². The van der Waals surface area contributed by atoms with Crippen molar-refractivity contribution in [2.75, 3.05) is 4.90 Å². The Morgan fingerprint density at radius 2 is 2.29 bits per heavy atom. The fourth-order valence-electron chi connectivity index (χ4n) is 1.87. The Labute approximate surface area is 135 Å². The number of pyridine rings is 1. The molecule has 1 saturated carbocycles. The Balaban J connectivity index is 1.64. The Hall–Kier alpha value is -1.18. The van der Waals surface area contributed by atoms with Crippen LogP contribution < -0.4 is 4.90 Å². The molecule has 1 fully saturated rings. The van der Waals surface area contributed by atoms with Crippen molar-refractivity contribution in [3.63, 3.8) is 0 Å². The summed E-state index contributed by atoms with van der Waals surface area (Å²) in [7, 11) is 0. The summed E-state index contributed by atoms with van der Waals surface area (Å²) in [6.45, 7) is 1.57. The Kier molecular flexibility index (Phi) is 4.42. The molecular formula is C13H13ClN4OS2. The van der Waals surface area contributed by atoms with Gasteiger partial charge in [-0.1, -0.05) is 34.7 Å². The van der Waals surface area contributed by atoms with Gasteiger partial charge in [0.05, 0.1) is 10.7 Å². The maximum atomic E-state index is 11.7. The van der Waals surface area contributed by atoms with Gasteiger partial charge in [0.15, 0.2) is 4.34 Å². The zero-order valence-electron chi connectivity index (χ0n) is 11.3. The molecule has 0 N–H and O–H groups in total. The SMILES string of the molecule is CC(=O)N(c1nnc(SCc2ccc(Cl)cn2)s1)C1CC1. The van der Waals surface area contributed by atoms with Gasteiger partial charge in [0, 0.05) is 24.9 Å². The van der Waals surface area contributed by atoms with E-state index in [4.69, 9.17) is 11.6 Å². The van der Waals surface area contributed by atoms with Crippen molar-refractivity contribution in [3.05, 3.63) is 29.0 Å². The first kappa shape index (κ1) is 14.7. The number of halogens is 1. The number of hydrogen-bond donors (Lipinski definition) is 0. The van der Waals surface area contributed by atoms with Crippen molar-refractivity contribution < 1.29 is 4.79 Å². The summed E-state index contributed by atoms with van der Waals surface area (Å²) < 4.78 is 0.841. The van der Waals surface area contributed by atoms with Crippen LogP contribution in [0.5, 0.6) is 0 Å². The molecule has 2 aromatic heterocycles. The standard InChI is InChI=1S/C13H13ClN4OS2/c1-8(19)18(11-4-5-11)12-16-17-13(21-12)20-7-10-3-2-9(14)6-15-10/h2-3,6,11H,4-5,7H2,1H3. The van der Waals surface area contributed by atoms with Crippen LogP contribution >= 0.6 is 34.7 Å². The maximum absolute atomic E-state index is 11.7. The molecule has 0 atom stereocenters. The summed E-state index contributed by atoms with van der Waals surface area (Å²) >= 11 is 8.82. The lowest BCUT2D eigenvalue weighted by atomic mass is 10.4. The van der Waals surface area contributed by atoms with E-state index in [0.29, 0.717) is 21.9 Å². The van der Waals surface area contributed by atoms with E-state index in [0.717, 1.165) is 22.9 Å². The Morgan fingerprint density at radius 1 is 1.48 bits per heavy atom. The topological polar surface area (TPSA) is 59.0 Å². The first-order chi connectivity index (χ1) is 10.1. The van der Waals surface area contributed by atoms with Crippen LogP contribution in [0.1, 0.15) is 25.5 Å². The van der Waals surface area contributed by atoms with E-state index in [1.54, 1.807) is 29.8 Å². The largest absolute Gasteiger partial charge is 0.284 e. The minimum atomic E-state index is 0.0320. The van der Waals surface area contributed by atoms with Gasteiger partial charge in [-0.3, -0.25) is 14.7 Å². The summed E-state index contributed by atoms with van der Waals surface area (Å²) in [4.78, 5) is 17.7. The molecule has 0 aromatic carbocycles. The molecule has 21 heavy (non-hydrogen) atoms. The van der Waals surface area contributed by atoms with E-state index < -0.39 is 0 Å². The number of amides is 1. The third-order valence-electron chi connectivity index (χ3n) is 2.99. The highest BCUT2D eigenvalue weighted by atomic mass is 35.5. The molecule has 2 heterocycles. The van der Waals surface area contributed by atoms with E-state index in [9.17, 15) is 4.79 Å². The third kappa shape index (κ3) is 3.72. The van der Waals surface area contributed by atoms with Gasteiger partial charge in [0.1, 0.15) is 0 Å². The molecule has 0 radical (unpaired) electrons. The second kappa shape index (κ2) is 6.29. The number of aromatic nitrogens is 3. The molecule has 0 unspecified atom stereocenters. The average molecular weight is 341 g/mol. The van der Waals surface area contributed by atoms with Gasteiger partial charge in [-0.2, -0.15) is 0 Å². The third-order valence-corrected chi connectivity index (χ3v) is 5.30. The van der Waals surface area contributed by atoms with Gasteiger partial charge in [0.2, 0.25) is 11.0 Å². The van der Waals surface area contributed by atoms with E-state index >= 15 is 0 Å². The maximum Gasteiger partial charge on any atom is 0.225 e. The van der Waals surface area contributed by atoms with Crippen molar-refractivity contribution in [3.8, 4) is 0 Å². The van der Waals surface area contributed by atoms with Crippen LogP contribution in [0.15, 0.2) is 22.7 Å². The molecule has 3 rings (SSSR count). The van der Waals surface area contributed by atoms with Crippen LogP contribution in [0.4, 0.5) is 5.13 Å². The lowest BCUT2D eigenvalue weighted by Crippen LogP contribution is -2.30. The summed E-state index contributed by atoms with van der Waals surface area (Å²) in [5.41, 5.74) is 0.937. The quantitative estimate of drug-likeness (QED) is 0.616. The van der Waals surface area contributed by atoms with Crippen LogP contribution in [0.2, 0.25) is 5.02 Å². The number of hydrogen-bond acceptors (Lipinski definition) is 6. The van der Waals surface area contributed by atoms with Gasteiger partial charge in [0.25, 0.3) is 0 Å². The van der Waals surface area contributed by atoms with Crippen LogP contribution in [0, 0.1) is 0 Å². The van der Waals surface area contributed by atoms with Gasteiger partial charge < -0.3 is 0 Å². The number of anilines is 1. The van der Waals surface area contributed by atoms with E-state index in [-0.39, 0.29) is 5.91 Å². The predicted octanol–water partition coefficient (Wildman–Crippen LogP) is 3.39. The predicted molar refractivity (Wildman–Crippen MR) is 84.9 cm³/mol. The summed E-state index contributed by atoms with van der Waals surface area (Å²) in [6, 6.07) is 4.02. The molecule has 0 saturated heterocycles. The average Bonchev–Trinajstić information content (AvgIpc) is 3.17. The van der Waals surface area contributed by atoms with Crippen molar-refractivity contribution in [2.24, 2.45) is 0 Å². The van der Waals surface area contributed by atoms with Crippen LogP contribution in [-0.2, 0) is 10.5 Å². The minimum Gasteiger partial charge on any atom is -0.284 e.